The fourth-order valence-electron chi connectivity index (χ4n) is 3.72. The minimum atomic E-state index is -0.496. The molecule has 0 bridgehead atoms. The van der Waals surface area contributed by atoms with Gasteiger partial charge in [0, 0.05) is 45.2 Å². The lowest BCUT2D eigenvalue weighted by molar-refractivity contribution is 0.0770. The number of aryl methyl sites for hydroxylation is 1. The summed E-state index contributed by atoms with van der Waals surface area (Å²) in [5.74, 6) is -0.109. The van der Waals surface area contributed by atoms with Crippen LogP contribution in [0.2, 0.25) is 0 Å². The molecule has 27 heavy (non-hydrogen) atoms. The van der Waals surface area contributed by atoms with Gasteiger partial charge >= 0.3 is 5.69 Å². The van der Waals surface area contributed by atoms with Gasteiger partial charge in [0.2, 0.25) is 0 Å². The number of rotatable bonds is 3. The first-order valence-corrected chi connectivity index (χ1v) is 9.00. The molecule has 1 aliphatic rings. The summed E-state index contributed by atoms with van der Waals surface area (Å²) < 4.78 is 2.24. The number of benzene rings is 1. The topological polar surface area (TPSA) is 67.5 Å². The van der Waals surface area contributed by atoms with Crippen LogP contribution in [0.15, 0.2) is 39.9 Å². The highest BCUT2D eigenvalue weighted by Gasteiger charge is 2.38. The van der Waals surface area contributed by atoms with Crippen LogP contribution < -0.4 is 11.2 Å². The fraction of sp³-hybridized carbons (Fsp3) is 0.450. The average Bonchev–Trinajstić information content (AvgIpc) is 3.08. The summed E-state index contributed by atoms with van der Waals surface area (Å²) in [5.41, 5.74) is 1.54. The summed E-state index contributed by atoms with van der Waals surface area (Å²) in [5, 5.41) is 0. The first-order chi connectivity index (χ1) is 12.7. The van der Waals surface area contributed by atoms with E-state index in [-0.39, 0.29) is 23.6 Å². The van der Waals surface area contributed by atoms with Gasteiger partial charge in [-0.2, -0.15) is 0 Å². The lowest BCUT2D eigenvalue weighted by atomic mass is 9.93. The van der Waals surface area contributed by atoms with E-state index >= 15 is 0 Å². The first-order valence-electron chi connectivity index (χ1n) is 9.00. The minimum absolute atomic E-state index is 0.130. The Morgan fingerprint density at radius 2 is 1.67 bits per heavy atom. The zero-order valence-electron chi connectivity index (χ0n) is 16.5. The average molecular weight is 370 g/mol. The van der Waals surface area contributed by atoms with E-state index in [0.717, 1.165) is 4.57 Å². The molecule has 1 aromatic carbocycles. The van der Waals surface area contributed by atoms with Gasteiger partial charge < -0.3 is 9.80 Å². The maximum Gasteiger partial charge on any atom is 0.331 e. The number of likely N-dealkylation sites (N-methyl/N-ethyl adjacent to an activating group) is 1. The highest BCUT2D eigenvalue weighted by molar-refractivity contribution is 5.92. The van der Waals surface area contributed by atoms with Gasteiger partial charge in [0.1, 0.15) is 5.69 Å². The van der Waals surface area contributed by atoms with Crippen LogP contribution >= 0.6 is 0 Å². The molecular formula is C20H26N4O3. The number of amides is 1. The second kappa shape index (κ2) is 7.15. The summed E-state index contributed by atoms with van der Waals surface area (Å²) in [6, 6.07) is 9.79. The Morgan fingerprint density at radius 3 is 2.26 bits per heavy atom. The first kappa shape index (κ1) is 19.1. The number of likely N-dealkylation sites (tertiary alicyclic amines) is 1. The van der Waals surface area contributed by atoms with Crippen molar-refractivity contribution in [2.24, 2.45) is 14.1 Å². The van der Waals surface area contributed by atoms with Crippen molar-refractivity contribution in [2.45, 2.75) is 18.9 Å². The summed E-state index contributed by atoms with van der Waals surface area (Å²) in [7, 11) is 6.94. The van der Waals surface area contributed by atoms with Crippen LogP contribution in [0.25, 0.3) is 0 Å². The van der Waals surface area contributed by atoms with E-state index in [1.165, 1.54) is 35.9 Å². The molecule has 3 rings (SSSR count). The van der Waals surface area contributed by atoms with Gasteiger partial charge in [0.25, 0.3) is 11.5 Å². The number of hydrogen-bond donors (Lipinski definition) is 0. The van der Waals surface area contributed by atoms with Gasteiger partial charge in [-0.05, 0) is 26.6 Å². The summed E-state index contributed by atoms with van der Waals surface area (Å²) in [6.07, 6.45) is 0. The van der Waals surface area contributed by atoms with Crippen LogP contribution in [-0.4, -0.2) is 58.1 Å². The van der Waals surface area contributed by atoms with Crippen LogP contribution in [-0.2, 0) is 14.1 Å². The minimum Gasteiger partial charge on any atom is -0.335 e. The molecule has 1 fully saturated rings. The predicted molar refractivity (Wildman–Crippen MR) is 104 cm³/mol. The van der Waals surface area contributed by atoms with Crippen LogP contribution in [0.5, 0.6) is 0 Å². The number of hydrogen-bond acceptors (Lipinski definition) is 4. The van der Waals surface area contributed by atoms with Gasteiger partial charge in [-0.25, -0.2) is 4.79 Å². The zero-order valence-corrected chi connectivity index (χ0v) is 16.5. The van der Waals surface area contributed by atoms with Crippen LogP contribution in [0.1, 0.15) is 27.5 Å². The van der Waals surface area contributed by atoms with E-state index < -0.39 is 11.2 Å². The smallest absolute Gasteiger partial charge is 0.331 e. The quantitative estimate of drug-likeness (QED) is 0.792. The van der Waals surface area contributed by atoms with Crippen molar-refractivity contribution in [2.75, 3.05) is 27.2 Å². The predicted octanol–water partition coefficient (Wildman–Crippen LogP) is 0.562. The maximum absolute atomic E-state index is 13.1. The number of nitrogens with zero attached hydrogens (tertiary/aromatic N) is 4. The molecule has 2 unspecified atom stereocenters. The second-order valence-electron chi connectivity index (χ2n) is 7.53. The molecule has 0 saturated carbocycles. The molecule has 1 saturated heterocycles. The Hall–Kier alpha value is -2.67. The molecule has 2 aromatic rings. The van der Waals surface area contributed by atoms with Crippen molar-refractivity contribution in [1.29, 1.82) is 0 Å². The van der Waals surface area contributed by atoms with E-state index in [9.17, 15) is 14.4 Å². The van der Waals surface area contributed by atoms with Crippen LogP contribution in [0.4, 0.5) is 0 Å². The number of carbonyl (C=O) groups excluding carboxylic acids is 1. The fourth-order valence-corrected chi connectivity index (χ4v) is 3.72. The van der Waals surface area contributed by atoms with E-state index in [4.69, 9.17) is 0 Å². The van der Waals surface area contributed by atoms with Crippen molar-refractivity contribution in [1.82, 2.24) is 18.9 Å². The SMILES string of the molecule is Cc1ccc(C2CN(C(=O)c3cc(=O)n(C)c(=O)n3C)CC2N(C)C)cc1. The van der Waals surface area contributed by atoms with Gasteiger partial charge in [0.15, 0.2) is 0 Å². The van der Waals surface area contributed by atoms with Crippen molar-refractivity contribution >= 4 is 5.91 Å². The molecule has 0 N–H and O–H groups in total. The summed E-state index contributed by atoms with van der Waals surface area (Å²) in [6.45, 7) is 3.15. The van der Waals surface area contributed by atoms with E-state index in [1.54, 1.807) is 4.90 Å². The van der Waals surface area contributed by atoms with Crippen LogP contribution in [0, 0.1) is 6.92 Å². The molecule has 144 valence electrons. The molecule has 0 aliphatic carbocycles. The third-order valence-electron chi connectivity index (χ3n) is 5.49. The Morgan fingerprint density at radius 1 is 1.04 bits per heavy atom. The summed E-state index contributed by atoms with van der Waals surface area (Å²) >= 11 is 0. The van der Waals surface area contributed by atoms with Gasteiger partial charge in [-0.1, -0.05) is 29.8 Å². The molecule has 7 heteroatoms. The molecule has 1 aromatic heterocycles. The standard InChI is InChI=1S/C20H26N4O3/c1-13-6-8-14(9-7-13)15-11-24(12-17(15)21(2)3)19(26)16-10-18(25)23(5)20(27)22(16)4/h6-10,15,17H,11-12H2,1-5H3. The third-order valence-corrected chi connectivity index (χ3v) is 5.49. The van der Waals surface area contributed by atoms with Gasteiger partial charge in [-0.15, -0.1) is 0 Å². The van der Waals surface area contributed by atoms with Crippen molar-refractivity contribution in [3.8, 4) is 0 Å². The number of aromatic nitrogens is 2. The summed E-state index contributed by atoms with van der Waals surface area (Å²) in [4.78, 5) is 41.1. The molecule has 2 heterocycles. The highest BCUT2D eigenvalue weighted by atomic mass is 16.2. The largest absolute Gasteiger partial charge is 0.335 e. The molecule has 0 spiro atoms. The van der Waals surface area contributed by atoms with Crippen LogP contribution in [0.3, 0.4) is 0 Å². The number of carbonyl (C=O) groups is 1. The van der Waals surface area contributed by atoms with Crippen molar-refractivity contribution in [3.05, 3.63) is 68.0 Å². The molecular weight excluding hydrogens is 344 g/mol. The van der Waals surface area contributed by atoms with Gasteiger partial charge in [-0.3, -0.25) is 18.7 Å². The second-order valence-corrected chi connectivity index (χ2v) is 7.53. The van der Waals surface area contributed by atoms with E-state index in [1.807, 2.05) is 21.0 Å². The molecule has 1 amide bonds. The Labute approximate surface area is 158 Å². The highest BCUT2D eigenvalue weighted by Crippen LogP contribution is 2.31. The Kier molecular flexibility index (Phi) is 5.06. The molecule has 0 radical (unpaired) electrons. The maximum atomic E-state index is 13.1. The van der Waals surface area contributed by atoms with E-state index in [2.05, 4.69) is 29.2 Å². The lowest BCUT2D eigenvalue weighted by Crippen LogP contribution is -2.42. The molecule has 1 aliphatic heterocycles. The van der Waals surface area contributed by atoms with Crippen molar-refractivity contribution in [3.63, 3.8) is 0 Å². The lowest BCUT2D eigenvalue weighted by Gasteiger charge is -2.25. The van der Waals surface area contributed by atoms with Gasteiger partial charge in [0.05, 0.1) is 0 Å². The van der Waals surface area contributed by atoms with E-state index in [0.29, 0.717) is 13.1 Å². The molecule has 2 atom stereocenters. The normalized spacial score (nSPS) is 19.7. The molecule has 7 nitrogen and oxygen atoms in total. The zero-order chi connectivity index (χ0) is 19.9. The monoisotopic (exact) mass is 370 g/mol. The Bertz CT molecular complexity index is 972. The van der Waals surface area contributed by atoms with Crippen molar-refractivity contribution < 1.29 is 4.79 Å². The Balaban J connectivity index is 1.94. The third kappa shape index (κ3) is 3.47.